The number of hydrogen-bond donors (Lipinski definition) is 1. The van der Waals surface area contributed by atoms with Gasteiger partial charge in [0, 0.05) is 21.3 Å². The average molecular weight is 382 g/mol. The summed E-state index contributed by atoms with van der Waals surface area (Å²) in [7, 11) is 0. The molecule has 1 heterocycles. The van der Waals surface area contributed by atoms with Gasteiger partial charge >= 0.3 is 6.09 Å². The number of carbonyl (C=O) groups is 1. The van der Waals surface area contributed by atoms with E-state index in [4.69, 9.17) is 32.7 Å². The van der Waals surface area contributed by atoms with Crippen molar-refractivity contribution in [3.63, 3.8) is 0 Å². The number of hydrogen-bond acceptors (Lipinski definition) is 4. The summed E-state index contributed by atoms with van der Waals surface area (Å²) in [6.07, 6.45) is -1.70. The highest BCUT2D eigenvalue weighted by Crippen LogP contribution is 2.28. The Morgan fingerprint density at radius 2 is 1.88 bits per heavy atom. The topological polar surface area (TPSA) is 59.0 Å². The maximum absolute atomic E-state index is 11.9. The van der Waals surface area contributed by atoms with E-state index in [1.54, 1.807) is 49.4 Å². The number of benzene rings is 2. The van der Waals surface area contributed by atoms with Crippen molar-refractivity contribution < 1.29 is 19.4 Å². The van der Waals surface area contributed by atoms with Crippen molar-refractivity contribution in [3.05, 3.63) is 58.1 Å². The molecule has 0 radical (unpaired) electrons. The van der Waals surface area contributed by atoms with Crippen LogP contribution >= 0.6 is 23.2 Å². The van der Waals surface area contributed by atoms with Crippen LogP contribution in [0.3, 0.4) is 0 Å². The van der Waals surface area contributed by atoms with Crippen LogP contribution in [0.5, 0.6) is 5.75 Å². The molecule has 25 heavy (non-hydrogen) atoms. The van der Waals surface area contributed by atoms with Crippen LogP contribution in [0.1, 0.15) is 12.5 Å². The number of ether oxygens (including phenoxy) is 2. The summed E-state index contributed by atoms with van der Waals surface area (Å²) in [4.78, 5) is 13.4. The van der Waals surface area contributed by atoms with Crippen LogP contribution in [0, 0.1) is 0 Å². The van der Waals surface area contributed by atoms with Crippen LogP contribution in [-0.2, 0) is 11.3 Å². The summed E-state index contributed by atoms with van der Waals surface area (Å²) in [6.45, 7) is 2.15. The molecule has 5 nitrogen and oxygen atoms in total. The van der Waals surface area contributed by atoms with E-state index in [9.17, 15) is 9.90 Å². The first-order valence-electron chi connectivity index (χ1n) is 7.77. The lowest BCUT2D eigenvalue weighted by atomic mass is 10.2. The predicted octanol–water partition coefficient (Wildman–Crippen LogP) is 4.28. The van der Waals surface area contributed by atoms with Crippen molar-refractivity contribution in [3.8, 4) is 5.75 Å². The minimum atomic E-state index is -0.711. The van der Waals surface area contributed by atoms with Crippen LogP contribution in [0.25, 0.3) is 0 Å². The summed E-state index contributed by atoms with van der Waals surface area (Å²) in [5, 5.41) is 10.7. The highest BCUT2D eigenvalue weighted by Gasteiger charge is 2.34. The molecular weight excluding hydrogens is 365 g/mol. The number of rotatable bonds is 5. The Morgan fingerprint density at radius 3 is 2.44 bits per heavy atom. The van der Waals surface area contributed by atoms with Crippen LogP contribution < -0.4 is 9.64 Å². The summed E-state index contributed by atoms with van der Waals surface area (Å²) in [6, 6.07) is 12.3. The normalized spacial score (nSPS) is 18.2. The van der Waals surface area contributed by atoms with Gasteiger partial charge in [0.2, 0.25) is 0 Å². The van der Waals surface area contributed by atoms with Gasteiger partial charge in [0.1, 0.15) is 18.5 Å². The number of anilines is 1. The van der Waals surface area contributed by atoms with Crippen molar-refractivity contribution in [2.75, 3.05) is 11.4 Å². The van der Waals surface area contributed by atoms with Gasteiger partial charge in [0.15, 0.2) is 0 Å². The molecule has 0 saturated carbocycles. The molecule has 2 aromatic carbocycles. The van der Waals surface area contributed by atoms with Gasteiger partial charge in [-0.1, -0.05) is 29.3 Å². The van der Waals surface area contributed by atoms with E-state index in [-0.39, 0.29) is 6.61 Å². The molecule has 1 aliphatic rings. The van der Waals surface area contributed by atoms with Gasteiger partial charge < -0.3 is 14.6 Å². The lowest BCUT2D eigenvalue weighted by Gasteiger charge is -2.15. The maximum Gasteiger partial charge on any atom is 0.414 e. The summed E-state index contributed by atoms with van der Waals surface area (Å²) in [5.74, 6) is 0.624. The molecule has 2 aromatic rings. The van der Waals surface area contributed by atoms with E-state index in [1.807, 2.05) is 0 Å². The van der Waals surface area contributed by atoms with Crippen molar-refractivity contribution in [1.29, 1.82) is 0 Å². The molecule has 7 heteroatoms. The Balaban J connectivity index is 1.66. The van der Waals surface area contributed by atoms with Crippen molar-refractivity contribution in [2.45, 2.75) is 25.7 Å². The van der Waals surface area contributed by atoms with E-state index in [1.165, 1.54) is 4.90 Å². The van der Waals surface area contributed by atoms with Crippen molar-refractivity contribution in [1.82, 2.24) is 0 Å². The predicted molar refractivity (Wildman–Crippen MR) is 96.5 cm³/mol. The molecule has 1 saturated heterocycles. The fraction of sp³-hybridized carbons (Fsp3) is 0.278. The molecule has 0 aliphatic carbocycles. The van der Waals surface area contributed by atoms with E-state index < -0.39 is 18.3 Å². The minimum absolute atomic E-state index is 0.244. The number of carbonyl (C=O) groups excluding carboxylic acids is 1. The monoisotopic (exact) mass is 381 g/mol. The van der Waals surface area contributed by atoms with E-state index >= 15 is 0 Å². The second-order valence-corrected chi connectivity index (χ2v) is 6.57. The third kappa shape index (κ3) is 4.00. The lowest BCUT2D eigenvalue weighted by Crippen LogP contribution is -2.29. The molecule has 1 amide bonds. The first-order valence-corrected chi connectivity index (χ1v) is 8.53. The molecule has 0 spiro atoms. The molecule has 1 fully saturated rings. The quantitative estimate of drug-likeness (QED) is 0.839. The molecule has 2 unspecified atom stereocenters. The third-order valence-electron chi connectivity index (χ3n) is 3.97. The lowest BCUT2D eigenvalue weighted by molar-refractivity contribution is 0.0437. The first kappa shape index (κ1) is 17.9. The molecule has 3 rings (SSSR count). The van der Waals surface area contributed by atoms with Crippen LogP contribution in [0.2, 0.25) is 10.0 Å². The Kier molecular flexibility index (Phi) is 5.37. The van der Waals surface area contributed by atoms with Gasteiger partial charge in [0.25, 0.3) is 0 Å². The zero-order chi connectivity index (χ0) is 18.0. The summed E-state index contributed by atoms with van der Waals surface area (Å²) >= 11 is 12.2. The molecule has 2 atom stereocenters. The SMILES string of the molecule is CC(O)C1CN(c2ccc(OCc3c(Cl)cccc3Cl)cc2)C(=O)O1. The highest BCUT2D eigenvalue weighted by molar-refractivity contribution is 6.35. The molecule has 0 aromatic heterocycles. The smallest absolute Gasteiger partial charge is 0.414 e. The molecule has 1 aliphatic heterocycles. The number of amides is 1. The maximum atomic E-state index is 11.9. The standard InChI is InChI=1S/C18H17Cl2NO4/c1-11(22)17-9-21(18(23)25-17)12-5-7-13(8-6-12)24-10-14-15(19)3-2-4-16(14)20/h2-8,11,17,22H,9-10H2,1H3. The van der Waals surface area contributed by atoms with Crippen molar-refractivity contribution >= 4 is 35.0 Å². The first-order chi connectivity index (χ1) is 12.0. The number of halogens is 2. The minimum Gasteiger partial charge on any atom is -0.489 e. The molecule has 0 bridgehead atoms. The van der Waals surface area contributed by atoms with E-state index in [0.717, 1.165) is 5.56 Å². The summed E-state index contributed by atoms with van der Waals surface area (Å²) < 4.78 is 10.8. The van der Waals surface area contributed by atoms with E-state index in [0.29, 0.717) is 28.0 Å². The average Bonchev–Trinajstić information content (AvgIpc) is 2.97. The van der Waals surface area contributed by atoms with Crippen LogP contribution in [0.15, 0.2) is 42.5 Å². The second kappa shape index (κ2) is 7.52. The van der Waals surface area contributed by atoms with E-state index in [2.05, 4.69) is 0 Å². The van der Waals surface area contributed by atoms with Crippen LogP contribution in [-0.4, -0.2) is 30.0 Å². The fourth-order valence-electron chi connectivity index (χ4n) is 2.49. The molecular formula is C18H17Cl2NO4. The number of cyclic esters (lactones) is 1. The van der Waals surface area contributed by atoms with Gasteiger partial charge in [-0.15, -0.1) is 0 Å². The van der Waals surface area contributed by atoms with Crippen molar-refractivity contribution in [2.24, 2.45) is 0 Å². The number of aliphatic hydroxyl groups is 1. The number of nitrogens with zero attached hydrogens (tertiary/aromatic N) is 1. The zero-order valence-corrected chi connectivity index (χ0v) is 15.0. The highest BCUT2D eigenvalue weighted by atomic mass is 35.5. The molecule has 132 valence electrons. The second-order valence-electron chi connectivity index (χ2n) is 5.76. The van der Waals surface area contributed by atoms with Gasteiger partial charge in [-0.25, -0.2) is 4.79 Å². The fourth-order valence-corrected chi connectivity index (χ4v) is 3.00. The summed E-state index contributed by atoms with van der Waals surface area (Å²) in [5.41, 5.74) is 1.40. The van der Waals surface area contributed by atoms with Gasteiger partial charge in [-0.3, -0.25) is 4.90 Å². The van der Waals surface area contributed by atoms with Gasteiger partial charge in [-0.05, 0) is 43.3 Å². The van der Waals surface area contributed by atoms with Gasteiger partial charge in [0.05, 0.1) is 12.6 Å². The Bertz CT molecular complexity index is 744. The Hall–Kier alpha value is -1.95. The Labute approximate surface area is 155 Å². The van der Waals surface area contributed by atoms with Gasteiger partial charge in [-0.2, -0.15) is 0 Å². The molecule has 1 N–H and O–H groups in total. The Morgan fingerprint density at radius 1 is 1.24 bits per heavy atom. The zero-order valence-electron chi connectivity index (χ0n) is 13.5. The largest absolute Gasteiger partial charge is 0.489 e. The van der Waals surface area contributed by atoms with Crippen LogP contribution in [0.4, 0.5) is 10.5 Å². The number of aliphatic hydroxyl groups excluding tert-OH is 1. The third-order valence-corrected chi connectivity index (χ3v) is 4.67.